The maximum absolute atomic E-state index is 10.6. The summed E-state index contributed by atoms with van der Waals surface area (Å²) in [6, 6.07) is -1.16. The van der Waals surface area contributed by atoms with Gasteiger partial charge in [0, 0.05) is 0 Å². The lowest BCUT2D eigenvalue weighted by atomic mass is 10.2. The standard InChI is InChI=1S/C6H11NO4/c1-2-11-5(8)3-4(7)6(9)10/h4H,2-3,7H2,1H3,(H,9,10)/t4-/m0/s1. The maximum Gasteiger partial charge on any atom is 0.321 e. The van der Waals surface area contributed by atoms with Crippen LogP contribution < -0.4 is 5.73 Å². The van der Waals surface area contributed by atoms with E-state index in [4.69, 9.17) is 10.8 Å². The molecule has 0 unspecified atom stereocenters. The number of esters is 1. The van der Waals surface area contributed by atoms with Crippen LogP contribution in [0.5, 0.6) is 0 Å². The minimum atomic E-state index is -1.20. The zero-order valence-electron chi connectivity index (χ0n) is 6.24. The molecule has 64 valence electrons. The Hall–Kier alpha value is -1.10. The molecule has 0 aromatic rings. The highest BCUT2D eigenvalue weighted by atomic mass is 16.5. The monoisotopic (exact) mass is 161 g/mol. The van der Waals surface area contributed by atoms with Gasteiger partial charge in [0.05, 0.1) is 13.0 Å². The molecule has 0 radical (unpaired) electrons. The van der Waals surface area contributed by atoms with E-state index in [-0.39, 0.29) is 13.0 Å². The fourth-order valence-electron chi connectivity index (χ4n) is 0.487. The molecular weight excluding hydrogens is 150 g/mol. The molecule has 0 saturated heterocycles. The van der Waals surface area contributed by atoms with Gasteiger partial charge in [-0.05, 0) is 6.92 Å². The fourth-order valence-corrected chi connectivity index (χ4v) is 0.487. The van der Waals surface area contributed by atoms with Gasteiger partial charge in [-0.1, -0.05) is 0 Å². The molecule has 0 spiro atoms. The molecule has 11 heavy (non-hydrogen) atoms. The highest BCUT2D eigenvalue weighted by Gasteiger charge is 2.16. The summed E-state index contributed by atoms with van der Waals surface area (Å²) in [6.45, 7) is 1.88. The van der Waals surface area contributed by atoms with Crippen LogP contribution in [0.3, 0.4) is 0 Å². The van der Waals surface area contributed by atoms with Crippen molar-refractivity contribution in [3.05, 3.63) is 0 Å². The van der Waals surface area contributed by atoms with Crippen molar-refractivity contribution in [2.24, 2.45) is 5.73 Å². The zero-order valence-corrected chi connectivity index (χ0v) is 6.24. The van der Waals surface area contributed by atoms with E-state index < -0.39 is 18.0 Å². The molecule has 3 N–H and O–H groups in total. The average Bonchev–Trinajstić information content (AvgIpc) is 1.87. The number of carboxylic acids is 1. The summed E-state index contributed by atoms with van der Waals surface area (Å²) >= 11 is 0. The van der Waals surface area contributed by atoms with Crippen molar-refractivity contribution >= 4 is 11.9 Å². The number of rotatable bonds is 4. The smallest absolute Gasteiger partial charge is 0.321 e. The topological polar surface area (TPSA) is 89.6 Å². The van der Waals surface area contributed by atoms with Crippen molar-refractivity contribution in [3.8, 4) is 0 Å². The molecule has 0 aromatic carbocycles. The average molecular weight is 161 g/mol. The number of ether oxygens (including phenoxy) is 1. The van der Waals surface area contributed by atoms with Crippen molar-refractivity contribution in [2.45, 2.75) is 19.4 Å². The summed E-state index contributed by atoms with van der Waals surface area (Å²) in [5, 5.41) is 8.27. The van der Waals surface area contributed by atoms with Gasteiger partial charge in [-0.2, -0.15) is 0 Å². The van der Waals surface area contributed by atoms with Gasteiger partial charge in [-0.15, -0.1) is 0 Å². The highest BCUT2D eigenvalue weighted by molar-refractivity contribution is 5.81. The third kappa shape index (κ3) is 4.32. The highest BCUT2D eigenvalue weighted by Crippen LogP contribution is 1.91. The molecule has 0 heterocycles. The molecule has 5 nitrogen and oxygen atoms in total. The number of carbonyl (C=O) groups excluding carboxylic acids is 1. The fraction of sp³-hybridized carbons (Fsp3) is 0.667. The number of nitrogens with two attached hydrogens (primary N) is 1. The van der Waals surface area contributed by atoms with Crippen LogP contribution in [0.2, 0.25) is 0 Å². The van der Waals surface area contributed by atoms with E-state index in [9.17, 15) is 9.59 Å². The number of carboxylic acid groups (broad SMARTS) is 1. The van der Waals surface area contributed by atoms with Crippen molar-refractivity contribution in [1.82, 2.24) is 0 Å². The summed E-state index contributed by atoms with van der Waals surface area (Å²) in [7, 11) is 0. The van der Waals surface area contributed by atoms with Gasteiger partial charge in [-0.3, -0.25) is 9.59 Å². The van der Waals surface area contributed by atoms with Gasteiger partial charge in [0.1, 0.15) is 6.04 Å². The molecule has 0 aliphatic rings. The van der Waals surface area contributed by atoms with Crippen molar-refractivity contribution < 1.29 is 19.4 Å². The van der Waals surface area contributed by atoms with Gasteiger partial charge < -0.3 is 15.6 Å². The van der Waals surface area contributed by atoms with Crippen LogP contribution in [0, 0.1) is 0 Å². The minimum Gasteiger partial charge on any atom is -0.480 e. The molecule has 0 amide bonds. The first-order valence-corrected chi connectivity index (χ1v) is 3.22. The number of hydrogen-bond donors (Lipinski definition) is 2. The van der Waals surface area contributed by atoms with Crippen LogP contribution in [-0.4, -0.2) is 29.7 Å². The van der Waals surface area contributed by atoms with Crippen molar-refractivity contribution in [2.75, 3.05) is 6.61 Å². The Balaban J connectivity index is 3.66. The van der Waals surface area contributed by atoms with Gasteiger partial charge >= 0.3 is 11.9 Å². The lowest BCUT2D eigenvalue weighted by molar-refractivity contribution is -0.148. The van der Waals surface area contributed by atoms with E-state index in [0.29, 0.717) is 0 Å². The molecule has 0 saturated carbocycles. The third-order valence-electron chi connectivity index (χ3n) is 1.01. The van der Waals surface area contributed by atoms with E-state index in [1.807, 2.05) is 0 Å². The number of hydrogen-bond acceptors (Lipinski definition) is 4. The Bertz CT molecular complexity index is 157. The molecule has 0 aromatic heterocycles. The Labute approximate surface area is 64.1 Å². The number of aliphatic carboxylic acids is 1. The molecule has 0 aliphatic heterocycles. The third-order valence-corrected chi connectivity index (χ3v) is 1.01. The molecule has 1 atom stereocenters. The van der Waals surface area contributed by atoms with Crippen LogP contribution in [0.4, 0.5) is 0 Å². The molecule has 5 heteroatoms. The quantitative estimate of drug-likeness (QED) is 0.535. The van der Waals surface area contributed by atoms with E-state index >= 15 is 0 Å². The Morgan fingerprint density at radius 1 is 1.64 bits per heavy atom. The first-order valence-electron chi connectivity index (χ1n) is 3.22. The summed E-state index contributed by atoms with van der Waals surface area (Å²) in [6.07, 6.45) is -0.275. The molecule has 0 rings (SSSR count). The van der Waals surface area contributed by atoms with E-state index in [0.717, 1.165) is 0 Å². The minimum absolute atomic E-state index is 0.241. The first-order chi connectivity index (χ1) is 5.07. The largest absolute Gasteiger partial charge is 0.480 e. The van der Waals surface area contributed by atoms with Crippen LogP contribution in [-0.2, 0) is 14.3 Å². The zero-order chi connectivity index (χ0) is 8.85. The molecular formula is C6H11NO4. The Morgan fingerprint density at radius 2 is 2.18 bits per heavy atom. The maximum atomic E-state index is 10.6. The van der Waals surface area contributed by atoms with Crippen LogP contribution in [0.25, 0.3) is 0 Å². The summed E-state index contributed by atoms with van der Waals surface area (Å²) in [5.74, 6) is -1.78. The van der Waals surface area contributed by atoms with Crippen LogP contribution in [0.15, 0.2) is 0 Å². The second kappa shape index (κ2) is 4.68. The first kappa shape index (κ1) is 9.90. The Kier molecular flexibility index (Phi) is 4.21. The molecule has 0 fully saturated rings. The second-order valence-electron chi connectivity index (χ2n) is 1.95. The predicted molar refractivity (Wildman–Crippen MR) is 36.9 cm³/mol. The predicted octanol–water partition coefficient (Wildman–Crippen LogP) is -0.648. The lowest BCUT2D eigenvalue weighted by Gasteiger charge is -2.04. The van der Waals surface area contributed by atoms with E-state index in [1.54, 1.807) is 6.92 Å². The normalized spacial score (nSPS) is 12.2. The number of carbonyl (C=O) groups is 2. The van der Waals surface area contributed by atoms with E-state index in [1.165, 1.54) is 0 Å². The van der Waals surface area contributed by atoms with Crippen molar-refractivity contribution in [3.63, 3.8) is 0 Å². The van der Waals surface area contributed by atoms with Gasteiger partial charge in [0.15, 0.2) is 0 Å². The SMILES string of the molecule is CCOC(=O)C[C@H](N)C(=O)O. The summed E-state index contributed by atoms with van der Waals surface area (Å²) < 4.78 is 4.48. The van der Waals surface area contributed by atoms with Crippen molar-refractivity contribution in [1.29, 1.82) is 0 Å². The molecule has 0 bridgehead atoms. The Morgan fingerprint density at radius 3 is 2.55 bits per heavy atom. The van der Waals surface area contributed by atoms with Gasteiger partial charge in [0.2, 0.25) is 0 Å². The second-order valence-corrected chi connectivity index (χ2v) is 1.95. The van der Waals surface area contributed by atoms with Crippen LogP contribution >= 0.6 is 0 Å². The van der Waals surface area contributed by atoms with Crippen LogP contribution in [0.1, 0.15) is 13.3 Å². The summed E-state index contributed by atoms with van der Waals surface area (Å²) in [5.41, 5.74) is 5.05. The van der Waals surface area contributed by atoms with Gasteiger partial charge in [-0.25, -0.2) is 0 Å². The summed E-state index contributed by atoms with van der Waals surface area (Å²) in [4.78, 5) is 20.7. The van der Waals surface area contributed by atoms with Gasteiger partial charge in [0.25, 0.3) is 0 Å². The lowest BCUT2D eigenvalue weighted by Crippen LogP contribution is -2.33. The van der Waals surface area contributed by atoms with E-state index in [2.05, 4.69) is 4.74 Å². The molecule has 0 aliphatic carbocycles.